The molecule has 11 heteroatoms. The molecule has 0 bridgehead atoms. The lowest BCUT2D eigenvalue weighted by atomic mass is 9.94. The molecule has 2 aliphatic heterocycles. The number of nitrogens with zero attached hydrogens (tertiary/aromatic N) is 2. The van der Waals surface area contributed by atoms with Crippen LogP contribution in [0.5, 0.6) is 11.5 Å². The van der Waals surface area contributed by atoms with Gasteiger partial charge in [-0.3, -0.25) is 9.59 Å². The number of nitrogens with one attached hydrogen (secondary N) is 2. The van der Waals surface area contributed by atoms with Crippen LogP contribution in [0.15, 0.2) is 36.4 Å². The first-order chi connectivity index (χ1) is 26.6. The van der Waals surface area contributed by atoms with E-state index in [0.717, 1.165) is 74.5 Å². The molecule has 2 aromatic rings. The fourth-order valence-corrected chi connectivity index (χ4v) is 7.66. The number of hydrogen-bond acceptors (Lipinski definition) is 9. The summed E-state index contributed by atoms with van der Waals surface area (Å²) in [5, 5.41) is 7.13. The molecular formula is C44H70N4O7. The molecule has 4 atom stereocenters. The largest absolute Gasteiger partial charge is 0.493 e. The lowest BCUT2D eigenvalue weighted by Crippen LogP contribution is -2.43. The van der Waals surface area contributed by atoms with E-state index < -0.39 is 0 Å². The Morgan fingerprint density at radius 3 is 1.40 bits per heavy atom. The van der Waals surface area contributed by atoms with Gasteiger partial charge in [0.1, 0.15) is 11.5 Å². The standard InChI is InChI=1S/C44H70N4O7/c1-9-33-13-15-35(21-41(33)54-19-11-17-51-7)43(49)47(31(3)4)27-37-23-45-25-39(37)29-53-30-40-26-46-24-38(40)28-48(32(5)6)44(50)36-16-14-34(10-2)42(22-36)55-20-12-18-52-8/h13-16,21-22,31-32,37-40,45-46H,9-12,17-20,23-30H2,1-8H3/t37-,38-,39-,40-/m0/s1. The second kappa shape index (κ2) is 23.1. The molecule has 2 aliphatic rings. The summed E-state index contributed by atoms with van der Waals surface area (Å²) in [5.74, 6) is 2.78. The predicted octanol–water partition coefficient (Wildman–Crippen LogP) is 5.73. The van der Waals surface area contributed by atoms with Crippen LogP contribution in [0.3, 0.4) is 0 Å². The summed E-state index contributed by atoms with van der Waals surface area (Å²) in [4.78, 5) is 31.9. The molecule has 0 radical (unpaired) electrons. The summed E-state index contributed by atoms with van der Waals surface area (Å²) in [5.41, 5.74) is 3.51. The molecule has 0 aliphatic carbocycles. The van der Waals surface area contributed by atoms with E-state index in [1.165, 1.54) is 0 Å². The van der Waals surface area contributed by atoms with Gasteiger partial charge in [-0.15, -0.1) is 0 Å². The van der Waals surface area contributed by atoms with Gasteiger partial charge in [0.25, 0.3) is 11.8 Å². The molecule has 0 spiro atoms. The number of methoxy groups -OCH3 is 2. The van der Waals surface area contributed by atoms with Crippen molar-refractivity contribution in [2.24, 2.45) is 23.7 Å². The molecule has 4 rings (SSSR count). The maximum absolute atomic E-state index is 14.0. The zero-order valence-electron chi connectivity index (χ0n) is 35.0. The van der Waals surface area contributed by atoms with Crippen molar-refractivity contribution in [1.29, 1.82) is 0 Å². The average Bonchev–Trinajstić information content (AvgIpc) is 3.84. The Morgan fingerprint density at radius 1 is 0.636 bits per heavy atom. The topological polar surface area (TPSA) is 111 Å². The molecule has 2 amide bonds. The average molecular weight is 767 g/mol. The molecule has 11 nitrogen and oxygen atoms in total. The first-order valence-electron chi connectivity index (χ1n) is 20.7. The third kappa shape index (κ3) is 12.9. The second-order valence-corrected chi connectivity index (χ2v) is 15.7. The Bertz CT molecular complexity index is 1360. The Kier molecular flexibility index (Phi) is 18.7. The predicted molar refractivity (Wildman–Crippen MR) is 218 cm³/mol. The third-order valence-electron chi connectivity index (χ3n) is 11.1. The van der Waals surface area contributed by atoms with E-state index in [2.05, 4.69) is 52.2 Å². The zero-order chi connectivity index (χ0) is 39.7. The minimum Gasteiger partial charge on any atom is -0.493 e. The van der Waals surface area contributed by atoms with E-state index in [1.807, 2.05) is 46.2 Å². The number of ether oxygens (including phenoxy) is 5. The number of carbonyl (C=O) groups is 2. The number of hydrogen-bond donors (Lipinski definition) is 2. The summed E-state index contributed by atoms with van der Waals surface area (Å²) < 4.78 is 29.0. The van der Waals surface area contributed by atoms with Crippen LogP contribution in [0, 0.1) is 23.7 Å². The Balaban J connectivity index is 1.34. The number of carbonyl (C=O) groups excluding carboxylic acids is 2. The van der Waals surface area contributed by atoms with Crippen molar-refractivity contribution in [2.75, 3.05) is 93.1 Å². The van der Waals surface area contributed by atoms with Gasteiger partial charge >= 0.3 is 0 Å². The van der Waals surface area contributed by atoms with Crippen LogP contribution in [-0.4, -0.2) is 127 Å². The minimum absolute atomic E-state index is 0.0298. The third-order valence-corrected chi connectivity index (χ3v) is 11.1. The number of amides is 2. The van der Waals surface area contributed by atoms with Gasteiger partial charge in [-0.2, -0.15) is 0 Å². The smallest absolute Gasteiger partial charge is 0.254 e. The Hall–Kier alpha value is -3.22. The molecular weight excluding hydrogens is 697 g/mol. The number of aryl methyl sites for hydroxylation is 2. The lowest BCUT2D eigenvalue weighted by molar-refractivity contribution is 0.0399. The van der Waals surface area contributed by atoms with Crippen molar-refractivity contribution in [2.45, 2.75) is 79.3 Å². The fourth-order valence-electron chi connectivity index (χ4n) is 7.66. The van der Waals surface area contributed by atoms with Crippen LogP contribution in [-0.2, 0) is 27.1 Å². The van der Waals surface area contributed by atoms with Crippen LogP contribution in [0.25, 0.3) is 0 Å². The zero-order valence-corrected chi connectivity index (χ0v) is 35.0. The van der Waals surface area contributed by atoms with Crippen molar-refractivity contribution >= 4 is 11.8 Å². The van der Waals surface area contributed by atoms with Gasteiger partial charge in [0.15, 0.2) is 0 Å². The molecule has 2 aromatic carbocycles. The molecule has 2 fully saturated rings. The van der Waals surface area contributed by atoms with E-state index in [1.54, 1.807) is 14.2 Å². The maximum atomic E-state index is 14.0. The summed E-state index contributed by atoms with van der Waals surface area (Å²) in [7, 11) is 3.38. The van der Waals surface area contributed by atoms with E-state index >= 15 is 0 Å². The van der Waals surface area contributed by atoms with Gasteiger partial charge < -0.3 is 44.1 Å². The van der Waals surface area contributed by atoms with Gasteiger partial charge in [-0.25, -0.2) is 0 Å². The maximum Gasteiger partial charge on any atom is 0.254 e. The van der Waals surface area contributed by atoms with Crippen LogP contribution in [0.4, 0.5) is 0 Å². The van der Waals surface area contributed by atoms with E-state index in [4.69, 9.17) is 23.7 Å². The van der Waals surface area contributed by atoms with Gasteiger partial charge in [0, 0.05) is 115 Å². The Morgan fingerprint density at radius 2 is 1.04 bits per heavy atom. The van der Waals surface area contributed by atoms with Gasteiger partial charge in [0.2, 0.25) is 0 Å². The van der Waals surface area contributed by atoms with Crippen molar-refractivity contribution in [3.63, 3.8) is 0 Å². The van der Waals surface area contributed by atoms with Crippen LogP contribution in [0.2, 0.25) is 0 Å². The summed E-state index contributed by atoms with van der Waals surface area (Å²) in [6.45, 7) is 21.0. The lowest BCUT2D eigenvalue weighted by Gasteiger charge is -2.32. The van der Waals surface area contributed by atoms with Gasteiger partial charge in [-0.05, 0) is 87.8 Å². The van der Waals surface area contributed by atoms with Crippen molar-refractivity contribution < 1.29 is 33.3 Å². The highest BCUT2D eigenvalue weighted by Gasteiger charge is 2.35. The second-order valence-electron chi connectivity index (χ2n) is 15.7. The summed E-state index contributed by atoms with van der Waals surface area (Å²) in [6.07, 6.45) is 3.26. The fraction of sp³-hybridized carbons (Fsp3) is 0.682. The van der Waals surface area contributed by atoms with Crippen LogP contribution >= 0.6 is 0 Å². The summed E-state index contributed by atoms with van der Waals surface area (Å²) >= 11 is 0. The molecule has 0 unspecified atom stereocenters. The highest BCUT2D eigenvalue weighted by atomic mass is 16.5. The molecule has 2 N–H and O–H groups in total. The number of rotatable bonds is 24. The van der Waals surface area contributed by atoms with Gasteiger partial charge in [0.05, 0.1) is 26.4 Å². The van der Waals surface area contributed by atoms with Gasteiger partial charge in [-0.1, -0.05) is 26.0 Å². The van der Waals surface area contributed by atoms with E-state index in [0.29, 0.717) is 75.7 Å². The highest BCUT2D eigenvalue weighted by molar-refractivity contribution is 5.95. The number of benzene rings is 2. The minimum atomic E-state index is 0.0298. The molecule has 0 aromatic heterocycles. The monoisotopic (exact) mass is 767 g/mol. The van der Waals surface area contributed by atoms with Crippen molar-refractivity contribution in [3.05, 3.63) is 58.7 Å². The molecule has 0 saturated carbocycles. The first-order valence-corrected chi connectivity index (χ1v) is 20.7. The molecule has 55 heavy (non-hydrogen) atoms. The normalized spacial score (nSPS) is 19.7. The highest BCUT2D eigenvalue weighted by Crippen LogP contribution is 2.28. The van der Waals surface area contributed by atoms with E-state index in [-0.39, 0.29) is 35.7 Å². The van der Waals surface area contributed by atoms with Crippen LogP contribution < -0.4 is 20.1 Å². The van der Waals surface area contributed by atoms with Crippen LogP contribution in [0.1, 0.15) is 86.2 Å². The van der Waals surface area contributed by atoms with Crippen molar-refractivity contribution in [3.8, 4) is 11.5 Å². The summed E-state index contributed by atoms with van der Waals surface area (Å²) in [6, 6.07) is 11.8. The molecule has 308 valence electrons. The van der Waals surface area contributed by atoms with Crippen molar-refractivity contribution in [1.82, 2.24) is 20.4 Å². The Labute approximate surface area is 331 Å². The first kappa shape index (κ1) is 44.5. The molecule has 2 saturated heterocycles. The SMILES string of the molecule is CCc1ccc(C(=O)N(C[C@@H]2CNC[C@H]2COC[C@@H]2CNC[C@H]2CN(C(=O)c2ccc(CC)c(OCCCOC)c2)C(C)C)C(C)C)cc1OCCCOC. The molecule has 2 heterocycles. The van der Waals surface area contributed by atoms with E-state index in [9.17, 15) is 9.59 Å². The quantitative estimate of drug-likeness (QED) is 0.130.